The Morgan fingerprint density at radius 2 is 2.37 bits per heavy atom. The SMILES string of the molecule is CC(C#N)CN(C)C(=O)c1ccc2nc(N)sc2c1. The summed E-state index contributed by atoms with van der Waals surface area (Å²) in [7, 11) is 1.70. The van der Waals surface area contributed by atoms with Gasteiger partial charge in [0.1, 0.15) is 0 Å². The Bertz CT molecular complexity index is 658. The lowest BCUT2D eigenvalue weighted by molar-refractivity contribution is 0.0785. The number of fused-ring (bicyclic) bond motifs is 1. The molecule has 5 nitrogen and oxygen atoms in total. The predicted molar refractivity (Wildman–Crippen MR) is 75.8 cm³/mol. The number of benzene rings is 1. The van der Waals surface area contributed by atoms with Crippen molar-refractivity contribution in [2.75, 3.05) is 19.3 Å². The Morgan fingerprint density at radius 1 is 1.63 bits per heavy atom. The first-order valence-corrected chi connectivity index (χ1v) is 6.64. The van der Waals surface area contributed by atoms with E-state index in [4.69, 9.17) is 11.0 Å². The van der Waals surface area contributed by atoms with Crippen molar-refractivity contribution in [2.45, 2.75) is 6.92 Å². The number of anilines is 1. The van der Waals surface area contributed by atoms with Crippen LogP contribution in [0.4, 0.5) is 5.13 Å². The Hall–Kier alpha value is -2.13. The van der Waals surface area contributed by atoms with Crippen LogP contribution < -0.4 is 5.73 Å². The summed E-state index contributed by atoms with van der Waals surface area (Å²) in [5, 5.41) is 9.26. The Kier molecular flexibility index (Phi) is 3.67. The Balaban J connectivity index is 2.23. The second-order valence-corrected chi connectivity index (χ2v) is 5.51. The smallest absolute Gasteiger partial charge is 0.253 e. The lowest BCUT2D eigenvalue weighted by atomic mass is 10.1. The maximum atomic E-state index is 12.2. The maximum absolute atomic E-state index is 12.2. The molecule has 0 bridgehead atoms. The van der Waals surface area contributed by atoms with Crippen molar-refractivity contribution in [3.8, 4) is 6.07 Å². The molecule has 0 radical (unpaired) electrons. The van der Waals surface area contributed by atoms with Gasteiger partial charge in [-0.2, -0.15) is 5.26 Å². The molecule has 2 aromatic rings. The summed E-state index contributed by atoms with van der Waals surface area (Å²) in [6.45, 7) is 2.20. The van der Waals surface area contributed by atoms with E-state index in [0.717, 1.165) is 10.2 Å². The molecule has 0 spiro atoms. The molecular formula is C13H14N4OS. The van der Waals surface area contributed by atoms with Gasteiger partial charge >= 0.3 is 0 Å². The largest absolute Gasteiger partial charge is 0.375 e. The fraction of sp³-hybridized carbons (Fsp3) is 0.308. The van der Waals surface area contributed by atoms with Crippen molar-refractivity contribution in [3.63, 3.8) is 0 Å². The molecule has 1 unspecified atom stereocenters. The summed E-state index contributed by atoms with van der Waals surface area (Å²) in [6.07, 6.45) is 0. The zero-order valence-corrected chi connectivity index (χ0v) is 11.6. The van der Waals surface area contributed by atoms with Crippen molar-refractivity contribution in [3.05, 3.63) is 23.8 Å². The first-order chi connectivity index (χ1) is 9.01. The fourth-order valence-electron chi connectivity index (χ4n) is 1.83. The monoisotopic (exact) mass is 274 g/mol. The van der Waals surface area contributed by atoms with Crippen molar-refractivity contribution < 1.29 is 4.79 Å². The highest BCUT2D eigenvalue weighted by atomic mass is 32.1. The average molecular weight is 274 g/mol. The number of aromatic nitrogens is 1. The van der Waals surface area contributed by atoms with E-state index >= 15 is 0 Å². The van der Waals surface area contributed by atoms with Gasteiger partial charge in [-0.15, -0.1) is 0 Å². The number of nitriles is 1. The van der Waals surface area contributed by atoms with Gasteiger partial charge in [-0.05, 0) is 25.1 Å². The van der Waals surface area contributed by atoms with Crippen LogP contribution in [-0.4, -0.2) is 29.4 Å². The van der Waals surface area contributed by atoms with Crippen LogP contribution in [0.15, 0.2) is 18.2 Å². The van der Waals surface area contributed by atoms with Gasteiger partial charge in [-0.25, -0.2) is 4.98 Å². The molecule has 1 amide bonds. The van der Waals surface area contributed by atoms with Crippen LogP contribution in [0, 0.1) is 17.2 Å². The minimum absolute atomic E-state index is 0.101. The van der Waals surface area contributed by atoms with E-state index in [1.807, 2.05) is 0 Å². The zero-order valence-electron chi connectivity index (χ0n) is 10.8. The number of nitrogen functional groups attached to an aromatic ring is 1. The first-order valence-electron chi connectivity index (χ1n) is 5.82. The average Bonchev–Trinajstić information content (AvgIpc) is 2.76. The van der Waals surface area contributed by atoms with Crippen LogP contribution in [-0.2, 0) is 0 Å². The molecule has 6 heteroatoms. The highest BCUT2D eigenvalue weighted by Gasteiger charge is 2.15. The topological polar surface area (TPSA) is 83.0 Å². The van der Waals surface area contributed by atoms with Crippen molar-refractivity contribution >= 4 is 32.6 Å². The summed E-state index contributed by atoms with van der Waals surface area (Å²) >= 11 is 1.36. The number of hydrogen-bond acceptors (Lipinski definition) is 5. The summed E-state index contributed by atoms with van der Waals surface area (Å²) in [6, 6.07) is 7.43. The van der Waals surface area contributed by atoms with E-state index in [2.05, 4.69) is 11.1 Å². The molecule has 0 aliphatic rings. The number of rotatable bonds is 3. The standard InChI is InChI=1S/C13H14N4OS/c1-8(6-14)7-17(2)12(18)9-3-4-10-11(5-9)19-13(15)16-10/h3-5,8H,7H2,1-2H3,(H2,15,16). The third-order valence-electron chi connectivity index (χ3n) is 2.77. The Morgan fingerprint density at radius 3 is 3.05 bits per heavy atom. The van der Waals surface area contributed by atoms with E-state index in [-0.39, 0.29) is 11.8 Å². The second-order valence-electron chi connectivity index (χ2n) is 4.45. The first kappa shape index (κ1) is 13.3. The molecule has 0 aliphatic heterocycles. The number of amides is 1. The lowest BCUT2D eigenvalue weighted by Gasteiger charge is -2.18. The predicted octanol–water partition coefficient (Wildman–Crippen LogP) is 2.11. The molecule has 2 N–H and O–H groups in total. The molecule has 0 aliphatic carbocycles. The molecule has 2 rings (SSSR count). The molecule has 0 fully saturated rings. The van der Waals surface area contributed by atoms with Gasteiger partial charge in [0.05, 0.1) is 22.2 Å². The summed E-state index contributed by atoms with van der Waals surface area (Å²) < 4.78 is 0.894. The molecule has 1 heterocycles. The normalized spacial score (nSPS) is 12.1. The van der Waals surface area contributed by atoms with Crippen molar-refractivity contribution in [1.82, 2.24) is 9.88 Å². The van der Waals surface area contributed by atoms with Gasteiger partial charge in [-0.1, -0.05) is 11.3 Å². The Labute approximate surface area is 115 Å². The van der Waals surface area contributed by atoms with Gasteiger partial charge in [0.2, 0.25) is 0 Å². The van der Waals surface area contributed by atoms with E-state index in [1.165, 1.54) is 11.3 Å². The van der Waals surface area contributed by atoms with E-state index in [0.29, 0.717) is 17.2 Å². The number of carbonyl (C=O) groups excluding carboxylic acids is 1. The highest BCUT2D eigenvalue weighted by molar-refractivity contribution is 7.22. The van der Waals surface area contributed by atoms with Crippen LogP contribution in [0.1, 0.15) is 17.3 Å². The third kappa shape index (κ3) is 2.83. The molecule has 1 aromatic carbocycles. The summed E-state index contributed by atoms with van der Waals surface area (Å²) in [4.78, 5) is 17.9. The molecule has 98 valence electrons. The maximum Gasteiger partial charge on any atom is 0.253 e. The summed E-state index contributed by atoms with van der Waals surface area (Å²) in [5.74, 6) is -0.285. The van der Waals surface area contributed by atoms with Crippen molar-refractivity contribution in [2.24, 2.45) is 5.92 Å². The second kappa shape index (κ2) is 5.24. The minimum atomic E-state index is -0.184. The molecule has 1 atom stereocenters. The number of thiazole rings is 1. The molecule has 1 aromatic heterocycles. The van der Waals surface area contributed by atoms with E-state index in [1.54, 1.807) is 37.1 Å². The zero-order chi connectivity index (χ0) is 14.0. The van der Waals surface area contributed by atoms with Crippen LogP contribution >= 0.6 is 11.3 Å². The minimum Gasteiger partial charge on any atom is -0.375 e. The number of nitrogens with two attached hydrogens (primary N) is 1. The van der Waals surface area contributed by atoms with Gasteiger partial charge in [-0.3, -0.25) is 4.79 Å². The van der Waals surface area contributed by atoms with Gasteiger partial charge in [0.25, 0.3) is 5.91 Å². The van der Waals surface area contributed by atoms with Gasteiger partial charge in [0.15, 0.2) is 5.13 Å². The van der Waals surface area contributed by atoms with Crippen LogP contribution in [0.5, 0.6) is 0 Å². The van der Waals surface area contributed by atoms with Gasteiger partial charge < -0.3 is 10.6 Å². The number of hydrogen-bond donors (Lipinski definition) is 1. The van der Waals surface area contributed by atoms with E-state index in [9.17, 15) is 4.79 Å². The van der Waals surface area contributed by atoms with Gasteiger partial charge in [0, 0.05) is 19.2 Å². The number of nitrogens with zero attached hydrogens (tertiary/aromatic N) is 3. The summed E-state index contributed by atoms with van der Waals surface area (Å²) in [5.41, 5.74) is 7.02. The number of carbonyl (C=O) groups is 1. The third-order valence-corrected chi connectivity index (χ3v) is 3.61. The quantitative estimate of drug-likeness (QED) is 0.929. The molecule has 0 saturated carbocycles. The van der Waals surface area contributed by atoms with Crippen LogP contribution in [0.2, 0.25) is 0 Å². The fourth-order valence-corrected chi connectivity index (χ4v) is 2.60. The van der Waals surface area contributed by atoms with Crippen LogP contribution in [0.3, 0.4) is 0 Å². The molecular weight excluding hydrogens is 260 g/mol. The molecule has 0 saturated heterocycles. The highest BCUT2D eigenvalue weighted by Crippen LogP contribution is 2.25. The lowest BCUT2D eigenvalue weighted by Crippen LogP contribution is -2.30. The molecule has 19 heavy (non-hydrogen) atoms. The van der Waals surface area contributed by atoms with Crippen molar-refractivity contribution in [1.29, 1.82) is 5.26 Å². The van der Waals surface area contributed by atoms with Crippen LogP contribution in [0.25, 0.3) is 10.2 Å². The van der Waals surface area contributed by atoms with E-state index < -0.39 is 0 Å².